The number of piperazine rings is 1. The fraction of sp³-hybridized carbons (Fsp3) is 0.357. The van der Waals surface area contributed by atoms with Gasteiger partial charge >= 0.3 is 0 Å². The van der Waals surface area contributed by atoms with Crippen molar-refractivity contribution in [2.24, 2.45) is 0 Å². The molecule has 1 aromatic heterocycles. The molecule has 35 heavy (non-hydrogen) atoms. The molecule has 0 radical (unpaired) electrons. The summed E-state index contributed by atoms with van der Waals surface area (Å²) in [6.07, 6.45) is 3.24. The van der Waals surface area contributed by atoms with E-state index < -0.39 is 11.6 Å². The first-order chi connectivity index (χ1) is 17.1. The van der Waals surface area contributed by atoms with Crippen molar-refractivity contribution in [1.82, 2.24) is 15.1 Å². The number of furan rings is 1. The van der Waals surface area contributed by atoms with Crippen LogP contribution >= 0.6 is 0 Å². The smallest absolute Gasteiger partial charge is 0.246 e. The number of ether oxygens (including phenoxy) is 1. The van der Waals surface area contributed by atoms with Gasteiger partial charge in [0.05, 0.1) is 19.9 Å². The van der Waals surface area contributed by atoms with E-state index in [-0.39, 0.29) is 11.8 Å². The molecule has 2 aliphatic rings. The highest BCUT2D eigenvalue weighted by molar-refractivity contribution is 6.00. The highest BCUT2D eigenvalue weighted by atomic mass is 16.5. The molecule has 182 valence electrons. The highest BCUT2D eigenvalue weighted by Gasteiger charge is 2.53. The maximum absolute atomic E-state index is 13.8. The summed E-state index contributed by atoms with van der Waals surface area (Å²) in [5.41, 5.74) is 1.35. The first kappa shape index (κ1) is 23.2. The number of piperidine rings is 1. The van der Waals surface area contributed by atoms with Crippen LogP contribution in [0.2, 0.25) is 0 Å². The zero-order chi connectivity index (χ0) is 24.3. The van der Waals surface area contributed by atoms with E-state index in [9.17, 15) is 9.59 Å². The molecule has 2 amide bonds. The van der Waals surface area contributed by atoms with Gasteiger partial charge in [0.1, 0.15) is 23.1 Å². The van der Waals surface area contributed by atoms with E-state index in [2.05, 4.69) is 22.3 Å². The van der Waals surface area contributed by atoms with Crippen molar-refractivity contribution in [3.8, 4) is 5.75 Å². The molecule has 2 fully saturated rings. The van der Waals surface area contributed by atoms with Crippen molar-refractivity contribution in [2.75, 3.05) is 20.2 Å². The Bertz CT molecular complexity index is 1140. The lowest BCUT2D eigenvalue weighted by molar-refractivity contribution is -0.162. The number of carbonyl (C=O) groups is 2. The molecule has 2 aromatic carbocycles. The molecule has 7 heteroatoms. The summed E-state index contributed by atoms with van der Waals surface area (Å²) < 4.78 is 10.8. The molecule has 0 aliphatic carbocycles. The van der Waals surface area contributed by atoms with Gasteiger partial charge in [0.25, 0.3) is 0 Å². The van der Waals surface area contributed by atoms with Crippen LogP contribution in [0.15, 0.2) is 77.4 Å². The molecule has 0 bridgehead atoms. The molecule has 1 N–H and O–H groups in total. The van der Waals surface area contributed by atoms with E-state index in [0.717, 1.165) is 30.9 Å². The average Bonchev–Trinajstić information content (AvgIpc) is 3.41. The number of carbonyl (C=O) groups excluding carboxylic acids is 2. The number of hydrogen-bond acceptors (Lipinski definition) is 5. The predicted octanol–water partition coefficient (Wildman–Crippen LogP) is 3.39. The monoisotopic (exact) mass is 473 g/mol. The normalized spacial score (nSPS) is 20.1. The fourth-order valence-corrected chi connectivity index (χ4v) is 5.22. The Morgan fingerprint density at radius 1 is 0.943 bits per heavy atom. The Balaban J connectivity index is 1.33. The van der Waals surface area contributed by atoms with Crippen molar-refractivity contribution in [1.29, 1.82) is 0 Å². The van der Waals surface area contributed by atoms with Gasteiger partial charge in [-0.2, -0.15) is 0 Å². The van der Waals surface area contributed by atoms with Crippen molar-refractivity contribution in [3.05, 3.63) is 89.9 Å². The van der Waals surface area contributed by atoms with E-state index in [4.69, 9.17) is 9.15 Å². The molecule has 1 spiro atoms. The SMILES string of the molecule is COc1ccc(CN2CCC3(CC2)C(=O)NC(Cc2ccccc2)C(=O)N3Cc2ccco2)cc1. The van der Waals surface area contributed by atoms with E-state index in [1.165, 1.54) is 5.56 Å². The first-order valence-electron chi connectivity index (χ1n) is 12.1. The van der Waals surface area contributed by atoms with Crippen LogP contribution in [0.4, 0.5) is 0 Å². The van der Waals surface area contributed by atoms with Crippen molar-refractivity contribution in [3.63, 3.8) is 0 Å². The number of nitrogens with zero attached hydrogens (tertiary/aromatic N) is 2. The standard InChI is InChI=1S/C28H31N3O4/c1-34-23-11-9-22(10-12-23)19-30-15-13-28(14-16-30)27(33)29-25(18-21-6-3-2-4-7-21)26(32)31(28)20-24-8-5-17-35-24/h2-12,17,25H,13-16,18-20H2,1H3,(H,29,33). The average molecular weight is 474 g/mol. The first-order valence-corrected chi connectivity index (χ1v) is 12.1. The molecular weight excluding hydrogens is 442 g/mol. The third-order valence-electron chi connectivity index (χ3n) is 7.23. The van der Waals surface area contributed by atoms with Gasteiger partial charge in [-0.15, -0.1) is 0 Å². The second-order valence-corrected chi connectivity index (χ2v) is 9.38. The lowest BCUT2D eigenvalue weighted by Gasteiger charge is -2.51. The fourth-order valence-electron chi connectivity index (χ4n) is 5.22. The van der Waals surface area contributed by atoms with E-state index in [1.54, 1.807) is 18.3 Å². The Hall–Kier alpha value is -3.58. The molecule has 3 heterocycles. The minimum atomic E-state index is -0.868. The van der Waals surface area contributed by atoms with Crippen LogP contribution in [0, 0.1) is 0 Å². The van der Waals surface area contributed by atoms with E-state index >= 15 is 0 Å². The molecule has 2 saturated heterocycles. The van der Waals surface area contributed by atoms with Crippen LogP contribution in [0.5, 0.6) is 5.75 Å². The zero-order valence-corrected chi connectivity index (χ0v) is 20.0. The van der Waals surface area contributed by atoms with Crippen LogP contribution in [0.25, 0.3) is 0 Å². The van der Waals surface area contributed by atoms with Gasteiger partial charge in [-0.05, 0) is 48.2 Å². The number of hydrogen-bond donors (Lipinski definition) is 1. The van der Waals surface area contributed by atoms with Crippen LogP contribution in [-0.2, 0) is 29.1 Å². The minimum absolute atomic E-state index is 0.0477. The molecular formula is C28H31N3O4. The molecule has 5 rings (SSSR count). The van der Waals surface area contributed by atoms with Crippen molar-refractivity contribution in [2.45, 2.75) is 43.9 Å². The highest BCUT2D eigenvalue weighted by Crippen LogP contribution is 2.35. The van der Waals surface area contributed by atoms with Gasteiger partial charge < -0.3 is 19.4 Å². The van der Waals surface area contributed by atoms with Gasteiger partial charge in [0, 0.05) is 26.1 Å². The number of amides is 2. The topological polar surface area (TPSA) is 75.0 Å². The summed E-state index contributed by atoms with van der Waals surface area (Å²) in [5, 5.41) is 3.07. The Kier molecular flexibility index (Phi) is 6.59. The maximum Gasteiger partial charge on any atom is 0.246 e. The van der Waals surface area contributed by atoms with Gasteiger partial charge in [0.2, 0.25) is 11.8 Å². The molecule has 1 unspecified atom stereocenters. The maximum atomic E-state index is 13.8. The summed E-state index contributed by atoms with van der Waals surface area (Å²) in [7, 11) is 1.66. The number of benzene rings is 2. The summed E-state index contributed by atoms with van der Waals surface area (Å²) in [6.45, 7) is 2.54. The van der Waals surface area contributed by atoms with Gasteiger partial charge in [-0.1, -0.05) is 42.5 Å². The van der Waals surface area contributed by atoms with Gasteiger partial charge in [-0.25, -0.2) is 0 Å². The second-order valence-electron chi connectivity index (χ2n) is 9.38. The molecule has 1 atom stereocenters. The summed E-state index contributed by atoms with van der Waals surface area (Å²) in [4.78, 5) is 31.5. The minimum Gasteiger partial charge on any atom is -0.497 e. The molecule has 2 aliphatic heterocycles. The van der Waals surface area contributed by atoms with Gasteiger partial charge in [0.15, 0.2) is 0 Å². The lowest BCUT2D eigenvalue weighted by Crippen LogP contribution is -2.72. The molecule has 7 nitrogen and oxygen atoms in total. The Labute approximate surface area is 205 Å². The summed E-state index contributed by atoms with van der Waals surface area (Å²) in [5.74, 6) is 1.41. The van der Waals surface area contributed by atoms with E-state index in [1.807, 2.05) is 54.6 Å². The predicted molar refractivity (Wildman–Crippen MR) is 132 cm³/mol. The third-order valence-corrected chi connectivity index (χ3v) is 7.23. The van der Waals surface area contributed by atoms with Crippen LogP contribution in [-0.4, -0.2) is 53.4 Å². The van der Waals surface area contributed by atoms with Crippen LogP contribution in [0.1, 0.15) is 29.7 Å². The second kappa shape index (κ2) is 9.96. The summed E-state index contributed by atoms with van der Waals surface area (Å²) >= 11 is 0. The third kappa shape index (κ3) is 4.82. The van der Waals surface area contributed by atoms with Crippen LogP contribution in [0.3, 0.4) is 0 Å². The summed E-state index contributed by atoms with van der Waals surface area (Å²) in [6, 6.07) is 21.0. The van der Waals surface area contributed by atoms with E-state index in [0.29, 0.717) is 31.6 Å². The molecule has 3 aromatic rings. The van der Waals surface area contributed by atoms with Crippen molar-refractivity contribution >= 4 is 11.8 Å². The number of methoxy groups -OCH3 is 1. The lowest BCUT2D eigenvalue weighted by atomic mass is 9.81. The van der Waals surface area contributed by atoms with Crippen LogP contribution < -0.4 is 10.1 Å². The number of rotatable bonds is 7. The Morgan fingerprint density at radius 2 is 1.69 bits per heavy atom. The largest absolute Gasteiger partial charge is 0.497 e. The Morgan fingerprint density at radius 3 is 2.34 bits per heavy atom. The zero-order valence-electron chi connectivity index (χ0n) is 20.0. The number of likely N-dealkylation sites (tertiary alicyclic amines) is 1. The molecule has 0 saturated carbocycles. The van der Waals surface area contributed by atoms with Crippen molar-refractivity contribution < 1.29 is 18.7 Å². The quantitative estimate of drug-likeness (QED) is 0.569. The number of nitrogens with one attached hydrogen (secondary N) is 1. The van der Waals surface area contributed by atoms with Gasteiger partial charge in [-0.3, -0.25) is 14.5 Å².